The molecule has 0 fully saturated rings. The van der Waals surface area contributed by atoms with Crippen LogP contribution in [0.15, 0.2) is 0 Å². The molecule has 0 N–H and O–H groups in total. The molecule has 0 aromatic carbocycles. The third-order valence-electron chi connectivity index (χ3n) is 5.16. The van der Waals surface area contributed by atoms with Crippen LogP contribution in [0.3, 0.4) is 0 Å². The van der Waals surface area contributed by atoms with E-state index in [9.17, 15) is 0 Å². The van der Waals surface area contributed by atoms with Gasteiger partial charge in [0.15, 0.2) is 0 Å². The van der Waals surface area contributed by atoms with Crippen molar-refractivity contribution in [2.75, 3.05) is 0 Å². The van der Waals surface area contributed by atoms with Gasteiger partial charge in [0, 0.05) is 0 Å². The zero-order chi connectivity index (χ0) is 34.5. The van der Waals surface area contributed by atoms with Crippen LogP contribution in [0.25, 0.3) is 0 Å². The molecule has 0 atom stereocenters. The first-order valence-electron chi connectivity index (χ1n) is 16.2. The fourth-order valence-electron chi connectivity index (χ4n) is 2.92. The van der Waals surface area contributed by atoms with Crippen LogP contribution in [0.2, 0.25) is 6.82 Å². The standard InChI is InChI=1S/CH5B47/c1-3-5-7-9-11-13-15-17-19-21-23-25-27-29-31-33-35-37-39-41-43-45-47-48-46-44-42-40-38-36-34-32-30-28-26-24-22-20-18-16-14-12-10-8-6-4-2/h2H2,1H3. The van der Waals surface area contributed by atoms with Crippen LogP contribution in [0.1, 0.15) is 0 Å². The Labute approximate surface area is 320 Å². The average molecular weight is 525 g/mol. The Morgan fingerprint density at radius 2 is 0.271 bits per heavy atom. The van der Waals surface area contributed by atoms with E-state index >= 15 is 0 Å². The second-order valence-electron chi connectivity index (χ2n) is 9.13. The summed E-state index contributed by atoms with van der Waals surface area (Å²) in [7, 11) is 2.00. The summed E-state index contributed by atoms with van der Waals surface area (Å²) in [5, 5.41) is 0. The van der Waals surface area contributed by atoms with Crippen LogP contribution >= 0.6 is 0 Å². The first kappa shape index (κ1) is 51.1. The van der Waals surface area contributed by atoms with Crippen LogP contribution in [0, 0.1) is 0 Å². The molecule has 0 radical (unpaired) electrons. The van der Waals surface area contributed by atoms with E-state index in [0.717, 1.165) is 0 Å². The van der Waals surface area contributed by atoms with Gasteiger partial charge < -0.3 is 0 Å². The molecule has 0 heterocycles. The normalized spacial score (nSPS) is 7.77. The molecule has 48 heavy (non-hydrogen) atoms. The SMILES string of the molecule is BB=BB=BB=BB=BB=BB=BB=BB=BB=BB=BB=BB=BB=BB=BB=BB=BB=BB=BB=BB=BB=BB=BB=BC. The van der Waals surface area contributed by atoms with Crippen molar-refractivity contribution < 1.29 is 0 Å². The summed E-state index contributed by atoms with van der Waals surface area (Å²) >= 11 is 0. The summed E-state index contributed by atoms with van der Waals surface area (Å²) in [4.78, 5) is 0. The minimum absolute atomic E-state index is 2.00. The second kappa shape index (κ2) is 50.1. The van der Waals surface area contributed by atoms with Crippen molar-refractivity contribution in [1.29, 1.82) is 0 Å². The van der Waals surface area contributed by atoms with E-state index in [0.29, 0.717) is 0 Å². The van der Waals surface area contributed by atoms with Gasteiger partial charge in [-0.3, -0.25) is 0 Å². The summed E-state index contributed by atoms with van der Waals surface area (Å²) in [6.45, 7) is 94.0. The molecule has 0 saturated heterocycles. The second-order valence-corrected chi connectivity index (χ2v) is 9.13. The summed E-state index contributed by atoms with van der Waals surface area (Å²) < 4.78 is 0. The first-order chi connectivity index (χ1) is 23.9. The zero-order valence-corrected chi connectivity index (χ0v) is 28.6. The molecule has 47 heteroatoms. The Morgan fingerprint density at radius 1 is 0.167 bits per heavy atom. The fraction of sp³-hybridized carbons (Fsp3) is 1.00. The number of rotatable bonds is 22. The molecule has 150 valence electrons. The van der Waals surface area contributed by atoms with Gasteiger partial charge in [0.05, 0.1) is 0 Å². The molecule has 0 aliphatic heterocycles. The molecule has 0 unspecified atom stereocenters. The van der Waals surface area contributed by atoms with Gasteiger partial charge in [-0.2, -0.15) is 0 Å². The van der Waals surface area contributed by atoms with E-state index in [-0.39, 0.29) is 0 Å². The Morgan fingerprint density at radius 3 is 0.375 bits per heavy atom. The third kappa shape index (κ3) is 49.1. The average Bonchev–Trinajstić information content (AvgIpc) is 3.10. The first-order valence-corrected chi connectivity index (χ1v) is 16.2. The molecular weight excluding hydrogens is 520 g/mol. The fourth-order valence-corrected chi connectivity index (χ4v) is 2.92. The summed E-state index contributed by atoms with van der Waals surface area (Å²) in [5.74, 6) is 0. The van der Waals surface area contributed by atoms with Crippen molar-refractivity contribution in [2.24, 2.45) is 0 Å². The van der Waals surface area contributed by atoms with Crippen LogP contribution in [0.5, 0.6) is 0 Å². The van der Waals surface area contributed by atoms with E-state index in [2.05, 4.69) is 0 Å². The van der Waals surface area contributed by atoms with E-state index in [4.69, 9.17) is 0 Å². The van der Waals surface area contributed by atoms with Crippen LogP contribution < -0.4 is 0 Å². The summed E-state index contributed by atoms with van der Waals surface area (Å²) in [6.07, 6.45) is 0. The molecular formula is CH5B47. The van der Waals surface area contributed by atoms with E-state index in [1.54, 1.807) is 0 Å². The predicted octanol–water partition coefficient (Wildman–Crippen LogP) is -17.8. The van der Waals surface area contributed by atoms with Crippen molar-refractivity contribution in [3.05, 3.63) is 0 Å². The summed E-state index contributed by atoms with van der Waals surface area (Å²) in [6, 6.07) is 0. The third-order valence-corrected chi connectivity index (χ3v) is 5.16. The van der Waals surface area contributed by atoms with Gasteiger partial charge in [0.1, 0.15) is 0 Å². The van der Waals surface area contributed by atoms with Gasteiger partial charge in [-0.15, -0.1) is 0 Å². The van der Waals surface area contributed by atoms with Crippen molar-refractivity contribution in [2.45, 2.75) is 6.82 Å². The molecule has 0 aliphatic carbocycles. The van der Waals surface area contributed by atoms with Gasteiger partial charge in [0.2, 0.25) is 0 Å². The van der Waals surface area contributed by atoms with E-state index < -0.39 is 0 Å². The van der Waals surface area contributed by atoms with E-state index in [1.807, 2.05) is 323 Å². The molecule has 0 amide bonds. The van der Waals surface area contributed by atoms with Gasteiger partial charge in [0.25, 0.3) is 0 Å². The van der Waals surface area contributed by atoms with Gasteiger partial charge >= 0.3 is 323 Å². The minimum atomic E-state index is 2.00. The van der Waals surface area contributed by atoms with Crippen LogP contribution in [0.4, 0.5) is 0 Å². The Bertz CT molecular complexity index is 1380. The molecule has 0 nitrogen and oxygen atoms in total. The van der Waals surface area contributed by atoms with Crippen LogP contribution in [-0.4, -0.2) is 316 Å². The van der Waals surface area contributed by atoms with Gasteiger partial charge in [-0.05, 0) is 0 Å². The monoisotopic (exact) mass is 534 g/mol. The van der Waals surface area contributed by atoms with Crippen molar-refractivity contribution in [1.82, 2.24) is 0 Å². The molecule has 0 bridgehead atoms. The molecule has 0 aromatic heterocycles. The Hall–Kier alpha value is 3.05. The quantitative estimate of drug-likeness (QED) is 0.123. The van der Waals surface area contributed by atoms with Crippen molar-refractivity contribution in [3.63, 3.8) is 0 Å². The number of hydrogen-bond donors (Lipinski definition) is 0. The van der Waals surface area contributed by atoms with E-state index in [1.165, 1.54) is 0 Å². The molecule has 0 aliphatic rings. The Balaban J connectivity index is 4.05. The maximum atomic E-state index is 2.00. The van der Waals surface area contributed by atoms with Crippen molar-refractivity contribution >= 4 is 316 Å². The molecule has 0 rings (SSSR count). The summed E-state index contributed by atoms with van der Waals surface area (Å²) in [5.41, 5.74) is 0. The number of hydrogen-bond acceptors (Lipinski definition) is 0. The Kier molecular flexibility index (Phi) is 53.2. The maximum absolute atomic E-state index is 2.00. The zero-order valence-electron chi connectivity index (χ0n) is 28.6. The molecule has 0 saturated carbocycles. The topological polar surface area (TPSA) is 0 Å². The van der Waals surface area contributed by atoms with Crippen LogP contribution in [-0.2, 0) is 0 Å². The predicted molar refractivity (Wildman–Crippen MR) is 279 cm³/mol. The molecule has 0 aromatic rings. The molecule has 0 spiro atoms. The van der Waals surface area contributed by atoms with Crippen molar-refractivity contribution in [3.8, 4) is 0 Å². The van der Waals surface area contributed by atoms with Gasteiger partial charge in [-0.25, -0.2) is 0 Å². The van der Waals surface area contributed by atoms with Gasteiger partial charge in [-0.1, -0.05) is 0 Å².